The van der Waals surface area contributed by atoms with E-state index in [-0.39, 0.29) is 42.1 Å². The van der Waals surface area contributed by atoms with Crippen molar-refractivity contribution in [1.29, 1.82) is 0 Å². The third kappa shape index (κ3) is 4.31. The van der Waals surface area contributed by atoms with Crippen molar-refractivity contribution in [2.45, 2.75) is 27.1 Å². The molecule has 0 unspecified atom stereocenters. The SMILES string of the molecule is Cc1nnc(COc2cc(OCc3nnc(C)o3)cc(C(=O)O)c2)o1. The van der Waals surface area contributed by atoms with Crippen LogP contribution in [0.25, 0.3) is 0 Å². The van der Waals surface area contributed by atoms with Gasteiger partial charge in [-0.15, -0.1) is 20.4 Å². The Morgan fingerprint density at radius 2 is 1.40 bits per heavy atom. The van der Waals surface area contributed by atoms with Crippen LogP contribution in [0.1, 0.15) is 33.9 Å². The van der Waals surface area contributed by atoms with Crippen LogP contribution in [0, 0.1) is 13.8 Å². The van der Waals surface area contributed by atoms with E-state index in [1.807, 2.05) is 0 Å². The quantitative estimate of drug-likeness (QED) is 0.676. The summed E-state index contributed by atoms with van der Waals surface area (Å²) in [6.07, 6.45) is 0. The van der Waals surface area contributed by atoms with E-state index < -0.39 is 5.97 Å². The van der Waals surface area contributed by atoms with Crippen molar-refractivity contribution < 1.29 is 28.2 Å². The number of ether oxygens (including phenoxy) is 2. The fourth-order valence-electron chi connectivity index (χ4n) is 1.94. The Hall–Kier alpha value is -3.43. The van der Waals surface area contributed by atoms with Crippen LogP contribution < -0.4 is 9.47 Å². The molecule has 0 bridgehead atoms. The van der Waals surface area contributed by atoms with Crippen molar-refractivity contribution in [3.8, 4) is 11.5 Å². The maximum absolute atomic E-state index is 11.3. The van der Waals surface area contributed by atoms with Crippen LogP contribution in [0.15, 0.2) is 27.0 Å². The highest BCUT2D eigenvalue weighted by Crippen LogP contribution is 2.24. The number of carboxylic acid groups (broad SMARTS) is 1. The van der Waals surface area contributed by atoms with Crippen LogP contribution in [0.2, 0.25) is 0 Å². The largest absolute Gasteiger partial charge is 0.484 e. The lowest BCUT2D eigenvalue weighted by atomic mass is 10.2. The molecule has 1 N–H and O–H groups in total. The summed E-state index contributed by atoms with van der Waals surface area (Å²) >= 11 is 0. The first kappa shape index (κ1) is 16.4. The summed E-state index contributed by atoms with van der Waals surface area (Å²) in [5.74, 6) is 0.843. The summed E-state index contributed by atoms with van der Waals surface area (Å²) in [5.41, 5.74) is 0.0101. The predicted molar refractivity (Wildman–Crippen MR) is 80.1 cm³/mol. The Kier molecular flexibility index (Phi) is 4.59. The first-order chi connectivity index (χ1) is 12.0. The van der Waals surface area contributed by atoms with Gasteiger partial charge in [0.2, 0.25) is 11.8 Å². The molecule has 3 aromatic rings. The van der Waals surface area contributed by atoms with Crippen LogP contribution in [0.4, 0.5) is 0 Å². The van der Waals surface area contributed by atoms with Crippen molar-refractivity contribution in [3.63, 3.8) is 0 Å². The fourth-order valence-corrected chi connectivity index (χ4v) is 1.94. The zero-order valence-corrected chi connectivity index (χ0v) is 13.4. The highest BCUT2D eigenvalue weighted by Gasteiger charge is 2.12. The average Bonchev–Trinajstić information content (AvgIpc) is 3.19. The van der Waals surface area contributed by atoms with Crippen LogP contribution in [0.5, 0.6) is 11.5 Å². The fraction of sp³-hybridized carbons (Fsp3) is 0.267. The maximum Gasteiger partial charge on any atom is 0.335 e. The Bertz CT molecular complexity index is 825. The smallest absolute Gasteiger partial charge is 0.335 e. The molecule has 1 aromatic carbocycles. The highest BCUT2D eigenvalue weighted by molar-refractivity contribution is 5.88. The first-order valence-corrected chi connectivity index (χ1v) is 7.21. The van der Waals surface area contributed by atoms with Gasteiger partial charge in [0, 0.05) is 19.9 Å². The molecule has 0 spiro atoms. The van der Waals surface area contributed by atoms with Gasteiger partial charge in [0.15, 0.2) is 13.2 Å². The monoisotopic (exact) mass is 346 g/mol. The number of carboxylic acids is 1. The van der Waals surface area contributed by atoms with Gasteiger partial charge in [-0.25, -0.2) is 4.79 Å². The summed E-state index contributed by atoms with van der Waals surface area (Å²) in [7, 11) is 0. The van der Waals surface area contributed by atoms with Crippen molar-refractivity contribution in [2.24, 2.45) is 0 Å². The van der Waals surface area contributed by atoms with E-state index in [0.717, 1.165) is 0 Å². The van der Waals surface area contributed by atoms with Gasteiger partial charge < -0.3 is 23.4 Å². The number of hydrogen-bond donors (Lipinski definition) is 1. The van der Waals surface area contributed by atoms with Gasteiger partial charge in [0.1, 0.15) is 11.5 Å². The molecule has 0 aliphatic carbocycles. The average molecular weight is 346 g/mol. The van der Waals surface area contributed by atoms with E-state index in [2.05, 4.69) is 20.4 Å². The van der Waals surface area contributed by atoms with E-state index in [9.17, 15) is 9.90 Å². The maximum atomic E-state index is 11.3. The molecule has 0 saturated carbocycles. The molecule has 3 rings (SSSR count). The number of aromatic carboxylic acids is 1. The number of hydrogen-bond acceptors (Lipinski definition) is 9. The van der Waals surface area contributed by atoms with E-state index in [1.165, 1.54) is 12.1 Å². The first-order valence-electron chi connectivity index (χ1n) is 7.21. The number of rotatable bonds is 7. The molecule has 2 heterocycles. The molecule has 0 amide bonds. The van der Waals surface area contributed by atoms with E-state index in [1.54, 1.807) is 19.9 Å². The number of nitrogens with zero attached hydrogens (tertiary/aromatic N) is 4. The van der Waals surface area contributed by atoms with Crippen molar-refractivity contribution >= 4 is 5.97 Å². The number of benzene rings is 1. The molecule has 0 fully saturated rings. The molecule has 10 nitrogen and oxygen atoms in total. The number of aromatic nitrogens is 4. The van der Waals surface area contributed by atoms with Crippen molar-refractivity contribution in [3.05, 3.63) is 47.3 Å². The van der Waals surface area contributed by atoms with Crippen LogP contribution in [-0.2, 0) is 13.2 Å². The van der Waals surface area contributed by atoms with E-state index in [4.69, 9.17) is 18.3 Å². The zero-order chi connectivity index (χ0) is 17.8. The third-order valence-corrected chi connectivity index (χ3v) is 2.99. The molecule has 130 valence electrons. The molecule has 0 atom stereocenters. The molecule has 2 aromatic heterocycles. The number of carbonyl (C=O) groups is 1. The van der Waals surface area contributed by atoms with Gasteiger partial charge in [-0.3, -0.25) is 0 Å². The molecule has 0 saturated heterocycles. The Morgan fingerprint density at radius 1 is 0.920 bits per heavy atom. The summed E-state index contributed by atoms with van der Waals surface area (Å²) < 4.78 is 21.4. The van der Waals surface area contributed by atoms with E-state index >= 15 is 0 Å². The highest BCUT2D eigenvalue weighted by atomic mass is 16.5. The minimum absolute atomic E-state index is 0.00616. The van der Waals surface area contributed by atoms with Crippen LogP contribution in [-0.4, -0.2) is 31.5 Å². The van der Waals surface area contributed by atoms with Gasteiger partial charge in [-0.05, 0) is 12.1 Å². The second-order valence-corrected chi connectivity index (χ2v) is 5.01. The van der Waals surface area contributed by atoms with Gasteiger partial charge >= 0.3 is 5.97 Å². The van der Waals surface area contributed by atoms with Gasteiger partial charge in [-0.1, -0.05) is 0 Å². The lowest BCUT2D eigenvalue weighted by Crippen LogP contribution is -2.02. The summed E-state index contributed by atoms with van der Waals surface area (Å²) in [6.45, 7) is 3.33. The normalized spacial score (nSPS) is 10.6. The molecular weight excluding hydrogens is 332 g/mol. The standard InChI is InChI=1S/C15H14N4O6/c1-8-16-18-13(24-8)6-22-11-3-10(15(20)21)4-12(5-11)23-7-14-19-17-9(2)25-14/h3-5H,6-7H2,1-2H3,(H,20,21). The summed E-state index contributed by atoms with van der Waals surface area (Å²) in [5, 5.41) is 24.2. The minimum atomic E-state index is -1.11. The molecule has 0 aliphatic heterocycles. The molecule has 25 heavy (non-hydrogen) atoms. The van der Waals surface area contributed by atoms with Crippen molar-refractivity contribution in [2.75, 3.05) is 0 Å². The molecule has 0 aliphatic rings. The summed E-state index contributed by atoms with van der Waals surface area (Å²) in [6, 6.07) is 4.28. The van der Waals surface area contributed by atoms with Gasteiger partial charge in [0.25, 0.3) is 11.8 Å². The second-order valence-electron chi connectivity index (χ2n) is 5.01. The predicted octanol–water partition coefficient (Wildman–Crippen LogP) is 1.93. The van der Waals surface area contributed by atoms with Gasteiger partial charge in [-0.2, -0.15) is 0 Å². The Morgan fingerprint density at radius 3 is 1.76 bits per heavy atom. The Balaban J connectivity index is 1.73. The molecular formula is C15H14N4O6. The zero-order valence-electron chi connectivity index (χ0n) is 13.4. The minimum Gasteiger partial charge on any atom is -0.484 e. The van der Waals surface area contributed by atoms with Crippen molar-refractivity contribution in [1.82, 2.24) is 20.4 Å². The second kappa shape index (κ2) is 6.99. The van der Waals surface area contributed by atoms with Crippen LogP contribution in [0.3, 0.4) is 0 Å². The topological polar surface area (TPSA) is 134 Å². The van der Waals surface area contributed by atoms with E-state index in [0.29, 0.717) is 11.8 Å². The third-order valence-electron chi connectivity index (χ3n) is 2.99. The lowest BCUT2D eigenvalue weighted by Gasteiger charge is -2.09. The summed E-state index contributed by atoms with van der Waals surface area (Å²) in [4.78, 5) is 11.3. The number of aryl methyl sites for hydroxylation is 2. The molecule has 0 radical (unpaired) electrons. The molecule has 10 heteroatoms. The Labute approximate surface area is 141 Å². The van der Waals surface area contributed by atoms with Gasteiger partial charge in [0.05, 0.1) is 5.56 Å². The lowest BCUT2D eigenvalue weighted by molar-refractivity contribution is 0.0695. The van der Waals surface area contributed by atoms with Crippen LogP contribution >= 0.6 is 0 Å².